The van der Waals surface area contributed by atoms with Gasteiger partial charge in [0.15, 0.2) is 0 Å². The van der Waals surface area contributed by atoms with Crippen LogP contribution >= 0.6 is 0 Å². The number of ether oxygens (including phenoxy) is 1. The van der Waals surface area contributed by atoms with Crippen molar-refractivity contribution in [3.05, 3.63) is 89.5 Å². The second-order valence-electron chi connectivity index (χ2n) is 7.32. The van der Waals surface area contributed by atoms with E-state index in [1.807, 2.05) is 54.4 Å². The summed E-state index contributed by atoms with van der Waals surface area (Å²) in [5.74, 6) is 1.10. The summed E-state index contributed by atoms with van der Waals surface area (Å²) in [4.78, 5) is 2.01. The van der Waals surface area contributed by atoms with E-state index in [1.54, 1.807) is 12.1 Å². The zero-order valence-corrected chi connectivity index (χ0v) is 16.7. The highest BCUT2D eigenvalue weighted by Crippen LogP contribution is 2.46. The third-order valence-electron chi connectivity index (χ3n) is 5.43. The number of benzene rings is 3. The zero-order valence-electron chi connectivity index (χ0n) is 16.7. The summed E-state index contributed by atoms with van der Waals surface area (Å²) in [7, 11) is 1.96. The molecule has 0 fully saturated rings. The lowest BCUT2D eigenvalue weighted by molar-refractivity contribution is 0.260. The molecule has 2 N–H and O–H groups in total. The van der Waals surface area contributed by atoms with E-state index >= 15 is 0 Å². The van der Waals surface area contributed by atoms with E-state index in [0.29, 0.717) is 6.54 Å². The van der Waals surface area contributed by atoms with Gasteiger partial charge in [-0.3, -0.25) is 0 Å². The van der Waals surface area contributed by atoms with Crippen LogP contribution in [0.15, 0.2) is 72.8 Å². The number of phenolic OH excluding ortho intramolecular Hbond substituents is 1. The molecule has 0 aromatic heterocycles. The maximum Gasteiger partial charge on any atom is 0.150 e. The molecule has 4 rings (SSSR count). The van der Waals surface area contributed by atoms with Crippen molar-refractivity contribution in [1.82, 2.24) is 0 Å². The predicted molar refractivity (Wildman–Crippen MR) is 117 cm³/mol. The second-order valence-corrected chi connectivity index (χ2v) is 7.32. The molecule has 1 aliphatic rings. The molecule has 0 radical (unpaired) electrons. The highest BCUT2D eigenvalue weighted by molar-refractivity contribution is 5.95. The molecule has 1 atom stereocenters. The van der Waals surface area contributed by atoms with Crippen LogP contribution in [-0.2, 0) is 0 Å². The van der Waals surface area contributed by atoms with Crippen molar-refractivity contribution < 1.29 is 14.9 Å². The number of allylic oxidation sites excluding steroid dienone is 1. The number of aliphatic hydroxyl groups excluding tert-OH is 1. The fraction of sp³-hybridized carbons (Fsp3) is 0.200. The molecule has 1 heterocycles. The Bertz CT molecular complexity index is 1040. The zero-order chi connectivity index (χ0) is 20.4. The molecule has 1 aliphatic heterocycles. The first-order valence-electron chi connectivity index (χ1n) is 9.76. The summed E-state index contributed by atoms with van der Waals surface area (Å²) in [6.45, 7) is 2.81. The first-order chi connectivity index (χ1) is 14.1. The Morgan fingerprint density at radius 3 is 2.45 bits per heavy atom. The molecular formula is C25H25NO3. The lowest BCUT2D eigenvalue weighted by atomic mass is 9.86. The van der Waals surface area contributed by atoms with E-state index in [9.17, 15) is 10.2 Å². The van der Waals surface area contributed by atoms with Gasteiger partial charge in [-0.05, 0) is 54.0 Å². The largest absolute Gasteiger partial charge is 0.508 e. The molecule has 0 saturated carbocycles. The van der Waals surface area contributed by atoms with Crippen molar-refractivity contribution in [3.63, 3.8) is 0 Å². The predicted octanol–water partition coefficient (Wildman–Crippen LogP) is 4.89. The minimum absolute atomic E-state index is 0.115. The first kappa shape index (κ1) is 19.1. The number of likely N-dealkylation sites (N-methyl/N-ethyl adjacent to an activating group) is 1. The molecule has 3 aromatic carbocycles. The molecule has 1 unspecified atom stereocenters. The topological polar surface area (TPSA) is 52.9 Å². The van der Waals surface area contributed by atoms with Gasteiger partial charge < -0.3 is 19.8 Å². The van der Waals surface area contributed by atoms with Crippen LogP contribution in [0, 0.1) is 0 Å². The van der Waals surface area contributed by atoms with Gasteiger partial charge in [-0.2, -0.15) is 0 Å². The maximum absolute atomic E-state index is 10.0. The molecule has 3 aromatic rings. The molecule has 0 aliphatic carbocycles. The van der Waals surface area contributed by atoms with Crippen LogP contribution in [0.5, 0.6) is 11.5 Å². The molecule has 148 valence electrons. The monoisotopic (exact) mass is 387 g/mol. The summed E-state index contributed by atoms with van der Waals surface area (Å²) in [5.41, 5.74) is 6.29. The van der Waals surface area contributed by atoms with Gasteiger partial charge in [-0.1, -0.05) is 42.5 Å². The number of nitrogens with zero attached hydrogens (tertiary/aromatic N) is 1. The number of aliphatic hydroxyl groups is 1. The Labute approximate surface area is 171 Å². The summed E-state index contributed by atoms with van der Waals surface area (Å²) in [5, 5.41) is 19.2. The Kier molecular flexibility index (Phi) is 5.28. The number of hydrogen-bond donors (Lipinski definition) is 2. The van der Waals surface area contributed by atoms with Crippen molar-refractivity contribution in [3.8, 4) is 11.5 Å². The average Bonchev–Trinajstić information content (AvgIpc) is 2.74. The molecule has 0 saturated heterocycles. The van der Waals surface area contributed by atoms with Crippen molar-refractivity contribution in [2.45, 2.75) is 13.0 Å². The second kappa shape index (κ2) is 8.02. The third kappa shape index (κ3) is 3.71. The van der Waals surface area contributed by atoms with Crippen molar-refractivity contribution in [2.24, 2.45) is 0 Å². The van der Waals surface area contributed by atoms with Crippen LogP contribution in [0.1, 0.15) is 29.7 Å². The van der Waals surface area contributed by atoms with E-state index in [4.69, 9.17) is 4.74 Å². The van der Waals surface area contributed by atoms with E-state index < -0.39 is 0 Å². The molecule has 29 heavy (non-hydrogen) atoms. The Balaban J connectivity index is 1.80. The van der Waals surface area contributed by atoms with E-state index in [0.717, 1.165) is 39.3 Å². The lowest BCUT2D eigenvalue weighted by Gasteiger charge is -2.31. The number of para-hydroxylation sites is 1. The van der Waals surface area contributed by atoms with Gasteiger partial charge in [0.1, 0.15) is 17.6 Å². The SMILES string of the molecule is CC1=C(c2cccc(O)c2)C(c2ccc(N(C)CCO)cc2)Oc2ccccc21. The minimum atomic E-state index is -0.274. The Hall–Kier alpha value is -3.24. The summed E-state index contributed by atoms with van der Waals surface area (Å²) >= 11 is 0. The van der Waals surface area contributed by atoms with Crippen LogP contribution in [-0.4, -0.2) is 30.4 Å². The van der Waals surface area contributed by atoms with Crippen molar-refractivity contribution >= 4 is 16.8 Å². The maximum atomic E-state index is 10.0. The van der Waals surface area contributed by atoms with Gasteiger partial charge in [-0.25, -0.2) is 0 Å². The molecular weight excluding hydrogens is 362 g/mol. The Morgan fingerprint density at radius 1 is 0.966 bits per heavy atom. The number of hydrogen-bond acceptors (Lipinski definition) is 4. The standard InChI is InChI=1S/C25H25NO3/c1-17-22-8-3-4-9-23(22)29-25(24(17)19-6-5-7-21(28)16-19)18-10-12-20(13-11-18)26(2)14-15-27/h3-13,16,25,27-28H,14-15H2,1-2H3. The third-order valence-corrected chi connectivity index (χ3v) is 5.43. The normalized spacial score (nSPS) is 15.6. The highest BCUT2D eigenvalue weighted by atomic mass is 16.5. The molecule has 4 heteroatoms. The number of anilines is 1. The van der Waals surface area contributed by atoms with Gasteiger partial charge >= 0.3 is 0 Å². The molecule has 4 nitrogen and oxygen atoms in total. The molecule has 0 bridgehead atoms. The average molecular weight is 387 g/mol. The van der Waals surface area contributed by atoms with Crippen molar-refractivity contribution in [1.29, 1.82) is 0 Å². The number of aromatic hydroxyl groups is 1. The van der Waals surface area contributed by atoms with E-state index in [2.05, 4.69) is 25.1 Å². The van der Waals surface area contributed by atoms with E-state index in [1.165, 1.54) is 0 Å². The summed E-state index contributed by atoms with van der Waals surface area (Å²) in [6, 6.07) is 23.6. The Morgan fingerprint density at radius 2 is 1.72 bits per heavy atom. The van der Waals surface area contributed by atoms with Crippen molar-refractivity contribution in [2.75, 3.05) is 25.1 Å². The fourth-order valence-electron chi connectivity index (χ4n) is 3.87. The van der Waals surface area contributed by atoms with Gasteiger partial charge in [0, 0.05) is 30.4 Å². The quantitative estimate of drug-likeness (QED) is 0.655. The fourth-order valence-corrected chi connectivity index (χ4v) is 3.87. The summed E-state index contributed by atoms with van der Waals surface area (Å²) < 4.78 is 6.45. The minimum Gasteiger partial charge on any atom is -0.508 e. The smallest absolute Gasteiger partial charge is 0.150 e. The van der Waals surface area contributed by atoms with Crippen LogP contribution in [0.2, 0.25) is 0 Å². The van der Waals surface area contributed by atoms with Crippen LogP contribution in [0.3, 0.4) is 0 Å². The number of rotatable bonds is 5. The lowest BCUT2D eigenvalue weighted by Crippen LogP contribution is -2.21. The van der Waals surface area contributed by atoms with Gasteiger partial charge in [0.25, 0.3) is 0 Å². The van der Waals surface area contributed by atoms with Gasteiger partial charge in [0.05, 0.1) is 6.61 Å². The van der Waals surface area contributed by atoms with Crippen LogP contribution in [0.4, 0.5) is 5.69 Å². The molecule has 0 amide bonds. The first-order valence-corrected chi connectivity index (χ1v) is 9.76. The molecule has 0 spiro atoms. The van der Waals surface area contributed by atoms with Crippen LogP contribution in [0.25, 0.3) is 11.1 Å². The summed E-state index contributed by atoms with van der Waals surface area (Å²) in [6.07, 6.45) is -0.274. The highest BCUT2D eigenvalue weighted by Gasteiger charge is 2.29. The van der Waals surface area contributed by atoms with Gasteiger partial charge in [-0.15, -0.1) is 0 Å². The van der Waals surface area contributed by atoms with Gasteiger partial charge in [0.2, 0.25) is 0 Å². The van der Waals surface area contributed by atoms with Crippen LogP contribution < -0.4 is 9.64 Å². The van der Waals surface area contributed by atoms with E-state index in [-0.39, 0.29) is 18.5 Å². The number of phenols is 1. The number of fused-ring (bicyclic) bond motifs is 1.